The van der Waals surface area contributed by atoms with E-state index < -0.39 is 17.2 Å². The largest absolute Gasteiger partial charge is 0.336 e. The number of benzene rings is 1. The van der Waals surface area contributed by atoms with Gasteiger partial charge >= 0.3 is 5.69 Å². The van der Waals surface area contributed by atoms with E-state index in [1.165, 1.54) is 13.2 Å². The van der Waals surface area contributed by atoms with Crippen LogP contribution < -0.4 is 17.0 Å². The maximum absolute atomic E-state index is 12.6. The fourth-order valence-corrected chi connectivity index (χ4v) is 2.94. The van der Waals surface area contributed by atoms with Crippen molar-refractivity contribution in [1.82, 2.24) is 14.5 Å². The maximum atomic E-state index is 12.6. The molecule has 0 spiro atoms. The minimum absolute atomic E-state index is 0.0340. The molecule has 1 aromatic heterocycles. The van der Waals surface area contributed by atoms with E-state index in [1.807, 2.05) is 30.3 Å². The third kappa shape index (κ3) is 2.70. The summed E-state index contributed by atoms with van der Waals surface area (Å²) in [4.78, 5) is 40.0. The van der Waals surface area contributed by atoms with Crippen LogP contribution in [0.3, 0.4) is 0 Å². The highest BCUT2D eigenvalue weighted by molar-refractivity contribution is 5.93. The summed E-state index contributed by atoms with van der Waals surface area (Å²) in [5, 5.41) is 0. The molecule has 0 unspecified atom stereocenters. The molecule has 0 aliphatic carbocycles. The molecule has 0 bridgehead atoms. The summed E-state index contributed by atoms with van der Waals surface area (Å²) in [6.45, 7) is 0.826. The van der Waals surface area contributed by atoms with E-state index in [9.17, 15) is 14.4 Å². The fourth-order valence-electron chi connectivity index (χ4n) is 2.94. The van der Waals surface area contributed by atoms with Gasteiger partial charge in [0.2, 0.25) is 0 Å². The van der Waals surface area contributed by atoms with Crippen LogP contribution >= 0.6 is 0 Å². The Bertz CT molecular complexity index is 840. The second-order valence-corrected chi connectivity index (χ2v) is 5.76. The number of nitrogens with one attached hydrogen (secondary N) is 1. The van der Waals surface area contributed by atoms with Gasteiger partial charge in [0.05, 0.1) is 0 Å². The number of carbonyl (C=O) groups excluding carboxylic acids is 1. The molecule has 7 nitrogen and oxygen atoms in total. The molecule has 3 rings (SSSR count). The van der Waals surface area contributed by atoms with Crippen LogP contribution in [0.25, 0.3) is 0 Å². The number of nitrogens with zero attached hydrogens (tertiary/aromatic N) is 2. The van der Waals surface area contributed by atoms with Crippen LogP contribution in [-0.2, 0) is 7.05 Å². The topological polar surface area (TPSA) is 101 Å². The molecule has 1 aliphatic rings. The average molecular weight is 314 g/mol. The number of aromatic nitrogens is 2. The summed E-state index contributed by atoms with van der Waals surface area (Å²) in [7, 11) is 1.33. The van der Waals surface area contributed by atoms with E-state index in [4.69, 9.17) is 5.73 Å². The molecule has 120 valence electrons. The molecule has 0 saturated carbocycles. The number of rotatable bonds is 2. The highest BCUT2D eigenvalue weighted by Gasteiger charge is 2.35. The summed E-state index contributed by atoms with van der Waals surface area (Å²) in [6.07, 6.45) is 1.17. The van der Waals surface area contributed by atoms with Gasteiger partial charge in [-0.1, -0.05) is 30.3 Å². The maximum Gasteiger partial charge on any atom is 0.328 e. The molecule has 1 aromatic carbocycles. The highest BCUT2D eigenvalue weighted by Crippen LogP contribution is 2.26. The summed E-state index contributed by atoms with van der Waals surface area (Å²) in [5.74, 6) is -0.373. The number of carbonyl (C=O) groups is 1. The van der Waals surface area contributed by atoms with E-state index in [2.05, 4.69) is 4.98 Å². The fraction of sp³-hybridized carbons (Fsp3) is 0.312. The Kier molecular flexibility index (Phi) is 3.87. The van der Waals surface area contributed by atoms with E-state index in [0.717, 1.165) is 10.1 Å². The molecular formula is C16H18N4O3. The minimum atomic E-state index is -0.601. The molecule has 2 heterocycles. The number of aromatic amines is 1. The van der Waals surface area contributed by atoms with Gasteiger partial charge < -0.3 is 15.6 Å². The lowest BCUT2D eigenvalue weighted by molar-refractivity contribution is 0.0786. The predicted molar refractivity (Wildman–Crippen MR) is 85.4 cm³/mol. The lowest BCUT2D eigenvalue weighted by atomic mass is 9.95. The Morgan fingerprint density at radius 1 is 1.22 bits per heavy atom. The summed E-state index contributed by atoms with van der Waals surface area (Å²) in [6, 6.07) is 9.58. The second kappa shape index (κ2) is 5.85. The van der Waals surface area contributed by atoms with Gasteiger partial charge in [0, 0.05) is 38.3 Å². The Hall–Kier alpha value is -2.67. The van der Waals surface area contributed by atoms with Crippen LogP contribution in [0.1, 0.15) is 21.8 Å². The van der Waals surface area contributed by atoms with Gasteiger partial charge in [0.1, 0.15) is 5.56 Å². The van der Waals surface area contributed by atoms with Crippen molar-refractivity contribution < 1.29 is 4.79 Å². The van der Waals surface area contributed by atoms with Crippen molar-refractivity contribution in [3.05, 3.63) is 68.5 Å². The van der Waals surface area contributed by atoms with Gasteiger partial charge in [-0.2, -0.15) is 0 Å². The first-order chi connectivity index (χ1) is 11.0. The van der Waals surface area contributed by atoms with Crippen molar-refractivity contribution >= 4 is 5.91 Å². The van der Waals surface area contributed by atoms with Gasteiger partial charge in [0.15, 0.2) is 0 Å². The lowest BCUT2D eigenvalue weighted by Crippen LogP contribution is -2.40. The van der Waals surface area contributed by atoms with E-state index >= 15 is 0 Å². The summed E-state index contributed by atoms with van der Waals surface area (Å²) >= 11 is 0. The molecule has 2 atom stereocenters. The average Bonchev–Trinajstić information content (AvgIpc) is 2.95. The summed E-state index contributed by atoms with van der Waals surface area (Å²) < 4.78 is 0.887. The third-order valence-corrected chi connectivity index (χ3v) is 4.29. The first-order valence-corrected chi connectivity index (χ1v) is 7.37. The van der Waals surface area contributed by atoms with Crippen molar-refractivity contribution in [2.45, 2.75) is 12.0 Å². The molecule has 1 fully saturated rings. The minimum Gasteiger partial charge on any atom is -0.336 e. The molecule has 23 heavy (non-hydrogen) atoms. The number of likely N-dealkylation sites (tertiary alicyclic amines) is 1. The van der Waals surface area contributed by atoms with Crippen LogP contribution in [0.2, 0.25) is 0 Å². The molecule has 1 aliphatic heterocycles. The van der Waals surface area contributed by atoms with Crippen molar-refractivity contribution in [3.8, 4) is 0 Å². The molecule has 7 heteroatoms. The van der Waals surface area contributed by atoms with Gasteiger partial charge in [-0.05, 0) is 5.56 Å². The lowest BCUT2D eigenvalue weighted by Gasteiger charge is -2.16. The van der Waals surface area contributed by atoms with Gasteiger partial charge in [-0.25, -0.2) is 4.79 Å². The molecule has 3 N–H and O–H groups in total. The zero-order chi connectivity index (χ0) is 16.6. The van der Waals surface area contributed by atoms with E-state index in [1.54, 1.807) is 4.90 Å². The van der Waals surface area contributed by atoms with Crippen LogP contribution in [0, 0.1) is 0 Å². The molecular weight excluding hydrogens is 296 g/mol. The van der Waals surface area contributed by atoms with Crippen molar-refractivity contribution in [2.75, 3.05) is 13.1 Å². The molecule has 1 amide bonds. The number of hydrogen-bond acceptors (Lipinski definition) is 4. The molecule has 0 radical (unpaired) electrons. The predicted octanol–water partition coefficient (Wildman–Crippen LogP) is -0.359. The van der Waals surface area contributed by atoms with Crippen LogP contribution in [0.15, 0.2) is 46.1 Å². The smallest absolute Gasteiger partial charge is 0.328 e. The SMILES string of the molecule is Cn1c(=O)[nH]cc(C(=O)N2C[C@@H](N)[C@H](c3ccccc3)C2)c1=O. The van der Waals surface area contributed by atoms with Gasteiger partial charge in [-0.3, -0.25) is 14.2 Å². The Labute approximate surface area is 132 Å². The summed E-state index contributed by atoms with van der Waals surface area (Å²) in [5.41, 5.74) is 6.05. The van der Waals surface area contributed by atoms with E-state index in [-0.39, 0.29) is 17.5 Å². The van der Waals surface area contributed by atoms with Crippen molar-refractivity contribution in [2.24, 2.45) is 12.8 Å². The normalized spacial score (nSPS) is 20.7. The Morgan fingerprint density at radius 3 is 2.61 bits per heavy atom. The number of H-pyrrole nitrogens is 1. The van der Waals surface area contributed by atoms with Crippen LogP contribution in [-0.4, -0.2) is 39.5 Å². The third-order valence-electron chi connectivity index (χ3n) is 4.29. The standard InChI is InChI=1S/C16H18N4O3/c1-19-14(21)11(7-18-16(19)23)15(22)20-8-12(13(17)9-20)10-5-3-2-4-6-10/h2-7,12-13H,8-9,17H2,1H3,(H,18,23)/t12-,13+/m0/s1. The van der Waals surface area contributed by atoms with Crippen molar-refractivity contribution in [1.29, 1.82) is 0 Å². The van der Waals surface area contributed by atoms with Gasteiger partial charge in [0.25, 0.3) is 11.5 Å². The number of hydrogen-bond donors (Lipinski definition) is 2. The zero-order valence-corrected chi connectivity index (χ0v) is 12.7. The molecule has 2 aromatic rings. The quantitative estimate of drug-likeness (QED) is 0.790. The first kappa shape index (κ1) is 15.2. The zero-order valence-electron chi connectivity index (χ0n) is 12.7. The van der Waals surface area contributed by atoms with Crippen molar-refractivity contribution in [3.63, 3.8) is 0 Å². The Balaban J connectivity index is 1.87. The monoisotopic (exact) mass is 314 g/mol. The highest BCUT2D eigenvalue weighted by atomic mass is 16.2. The number of nitrogens with two attached hydrogens (primary N) is 1. The Morgan fingerprint density at radius 2 is 1.91 bits per heavy atom. The number of amides is 1. The second-order valence-electron chi connectivity index (χ2n) is 5.76. The van der Waals surface area contributed by atoms with E-state index in [0.29, 0.717) is 13.1 Å². The van der Waals surface area contributed by atoms with Gasteiger partial charge in [-0.15, -0.1) is 0 Å². The van der Waals surface area contributed by atoms with Crippen LogP contribution in [0.4, 0.5) is 0 Å². The van der Waals surface area contributed by atoms with Crippen LogP contribution in [0.5, 0.6) is 0 Å². The first-order valence-electron chi connectivity index (χ1n) is 7.37. The molecule has 1 saturated heterocycles.